The molecule has 10 rings (SSSR count). The van der Waals surface area contributed by atoms with Crippen molar-refractivity contribution in [3.8, 4) is 33.4 Å². The van der Waals surface area contributed by atoms with E-state index >= 15 is 0 Å². The minimum atomic E-state index is -0.155. The van der Waals surface area contributed by atoms with Gasteiger partial charge in [0.1, 0.15) is 0 Å². The lowest BCUT2D eigenvalue weighted by molar-refractivity contribution is 0.661. The van der Waals surface area contributed by atoms with Crippen LogP contribution in [0.1, 0.15) is 25.0 Å². The third-order valence-corrected chi connectivity index (χ3v) is 11.2. The second kappa shape index (κ2) is 11.8. The van der Waals surface area contributed by atoms with Crippen LogP contribution in [0.4, 0.5) is 17.1 Å². The Balaban J connectivity index is 1.11. The van der Waals surface area contributed by atoms with E-state index in [2.05, 4.69) is 207 Å². The van der Waals surface area contributed by atoms with Crippen LogP contribution in [-0.4, -0.2) is 0 Å². The van der Waals surface area contributed by atoms with Gasteiger partial charge in [-0.1, -0.05) is 166 Å². The number of rotatable bonds is 5. The Kier molecular flexibility index (Phi) is 6.91. The molecule has 0 saturated heterocycles. The molecule has 1 nitrogen and oxygen atoms in total. The molecule has 0 aromatic heterocycles. The topological polar surface area (TPSA) is 3.24 Å². The van der Waals surface area contributed by atoms with Crippen molar-refractivity contribution in [3.63, 3.8) is 0 Å². The molecule has 0 fully saturated rings. The Morgan fingerprint density at radius 1 is 0.365 bits per heavy atom. The van der Waals surface area contributed by atoms with E-state index < -0.39 is 0 Å². The monoisotopic (exact) mass is 663 g/mol. The van der Waals surface area contributed by atoms with Crippen molar-refractivity contribution in [1.29, 1.82) is 0 Å². The zero-order valence-corrected chi connectivity index (χ0v) is 29.3. The van der Waals surface area contributed by atoms with Crippen LogP contribution in [0.3, 0.4) is 0 Å². The number of nitrogens with zero attached hydrogens (tertiary/aromatic N) is 1. The number of anilines is 3. The first kappa shape index (κ1) is 30.4. The van der Waals surface area contributed by atoms with Gasteiger partial charge < -0.3 is 4.90 Å². The van der Waals surface area contributed by atoms with Gasteiger partial charge in [0.15, 0.2) is 0 Å². The van der Waals surface area contributed by atoms with Crippen LogP contribution in [0.15, 0.2) is 188 Å². The molecular weight excluding hydrogens is 627 g/mol. The fourth-order valence-corrected chi connectivity index (χ4v) is 8.69. The van der Waals surface area contributed by atoms with Gasteiger partial charge in [0.25, 0.3) is 0 Å². The second-order valence-electron chi connectivity index (χ2n) is 14.5. The Bertz CT molecular complexity index is 2810. The van der Waals surface area contributed by atoms with E-state index in [1.165, 1.54) is 82.5 Å². The van der Waals surface area contributed by atoms with E-state index in [1.54, 1.807) is 0 Å². The van der Waals surface area contributed by atoms with E-state index in [0.717, 1.165) is 11.4 Å². The molecule has 0 saturated carbocycles. The summed E-state index contributed by atoms with van der Waals surface area (Å²) in [6.07, 6.45) is 0. The lowest BCUT2D eigenvalue weighted by Crippen LogP contribution is -2.20. The highest BCUT2D eigenvalue weighted by Crippen LogP contribution is 2.54. The molecule has 0 radical (unpaired) electrons. The van der Waals surface area contributed by atoms with Crippen molar-refractivity contribution in [2.45, 2.75) is 19.3 Å². The predicted molar refractivity (Wildman–Crippen MR) is 222 cm³/mol. The van der Waals surface area contributed by atoms with Gasteiger partial charge in [-0.3, -0.25) is 0 Å². The predicted octanol–water partition coefficient (Wildman–Crippen LogP) is 14.3. The molecule has 0 amide bonds. The quantitative estimate of drug-likeness (QED) is 0.166. The molecule has 0 heterocycles. The minimum Gasteiger partial charge on any atom is -0.310 e. The molecule has 9 aromatic rings. The average Bonchev–Trinajstić information content (AvgIpc) is 3.44. The summed E-state index contributed by atoms with van der Waals surface area (Å²) in [5.41, 5.74) is 13.6. The standard InChI is InChI=1S/C51H37N/c1-51(2)48-19-8-7-15-46(48)47-18-10-20-49(50(47)51)52(40-28-23-35(24-29-40)39-22-21-34-11-3-4-13-38(34)33-39)41-30-25-37(26-31-41)43-16-9-17-44-42-14-6-5-12-36(42)27-32-45(43)44/h3-33H,1-2H3. The van der Waals surface area contributed by atoms with Crippen LogP contribution in [0.2, 0.25) is 0 Å². The van der Waals surface area contributed by atoms with Crippen molar-refractivity contribution >= 4 is 49.4 Å². The maximum Gasteiger partial charge on any atom is 0.0508 e. The molecule has 0 atom stereocenters. The largest absolute Gasteiger partial charge is 0.310 e. The maximum atomic E-state index is 2.46. The molecule has 0 bridgehead atoms. The van der Waals surface area contributed by atoms with Gasteiger partial charge in [0.2, 0.25) is 0 Å². The summed E-state index contributed by atoms with van der Waals surface area (Å²) in [6.45, 7) is 4.74. The first-order valence-corrected chi connectivity index (χ1v) is 18.2. The fourth-order valence-electron chi connectivity index (χ4n) is 8.69. The van der Waals surface area contributed by atoms with Crippen LogP contribution >= 0.6 is 0 Å². The summed E-state index contributed by atoms with van der Waals surface area (Å²) in [7, 11) is 0. The Hall–Kier alpha value is -6.44. The Morgan fingerprint density at radius 3 is 1.75 bits per heavy atom. The van der Waals surface area contributed by atoms with Gasteiger partial charge in [-0.15, -0.1) is 0 Å². The highest BCUT2D eigenvalue weighted by atomic mass is 15.1. The van der Waals surface area contributed by atoms with Crippen molar-refractivity contribution in [3.05, 3.63) is 199 Å². The molecule has 0 unspecified atom stereocenters. The van der Waals surface area contributed by atoms with Crippen molar-refractivity contribution in [1.82, 2.24) is 0 Å². The van der Waals surface area contributed by atoms with Gasteiger partial charge in [-0.05, 0) is 113 Å². The first-order valence-electron chi connectivity index (χ1n) is 18.2. The van der Waals surface area contributed by atoms with Crippen LogP contribution in [0.25, 0.3) is 65.7 Å². The second-order valence-corrected chi connectivity index (χ2v) is 14.5. The van der Waals surface area contributed by atoms with Crippen LogP contribution in [0.5, 0.6) is 0 Å². The molecule has 0 aliphatic heterocycles. The van der Waals surface area contributed by atoms with Gasteiger partial charge in [0, 0.05) is 16.8 Å². The molecule has 0 N–H and O–H groups in total. The maximum absolute atomic E-state index is 2.46. The average molecular weight is 664 g/mol. The third kappa shape index (κ3) is 4.77. The van der Waals surface area contributed by atoms with Gasteiger partial charge in [0.05, 0.1) is 5.69 Å². The van der Waals surface area contributed by atoms with Crippen molar-refractivity contribution in [2.24, 2.45) is 0 Å². The molecule has 52 heavy (non-hydrogen) atoms. The molecule has 246 valence electrons. The fraction of sp³-hybridized carbons (Fsp3) is 0.0588. The summed E-state index contributed by atoms with van der Waals surface area (Å²) < 4.78 is 0. The molecule has 0 spiro atoms. The summed E-state index contributed by atoms with van der Waals surface area (Å²) in [4.78, 5) is 2.46. The number of hydrogen-bond acceptors (Lipinski definition) is 1. The molecule has 1 heteroatoms. The molecular formula is C51H37N. The van der Waals surface area contributed by atoms with E-state index in [4.69, 9.17) is 0 Å². The van der Waals surface area contributed by atoms with Crippen molar-refractivity contribution in [2.75, 3.05) is 4.90 Å². The van der Waals surface area contributed by atoms with Crippen LogP contribution in [-0.2, 0) is 5.41 Å². The minimum absolute atomic E-state index is 0.155. The number of hydrogen-bond donors (Lipinski definition) is 0. The summed E-state index contributed by atoms with van der Waals surface area (Å²) in [5, 5.41) is 7.64. The Morgan fingerprint density at radius 2 is 0.942 bits per heavy atom. The van der Waals surface area contributed by atoms with Gasteiger partial charge >= 0.3 is 0 Å². The SMILES string of the molecule is CC1(C)c2ccccc2-c2cccc(N(c3ccc(-c4ccc5ccccc5c4)cc3)c3ccc(-c4cccc5c4ccc4ccccc45)cc3)c21. The van der Waals surface area contributed by atoms with E-state index in [9.17, 15) is 0 Å². The molecule has 9 aromatic carbocycles. The summed E-state index contributed by atoms with van der Waals surface area (Å²) >= 11 is 0. The normalized spacial score (nSPS) is 13.0. The molecule has 1 aliphatic rings. The highest BCUT2D eigenvalue weighted by Gasteiger charge is 2.38. The third-order valence-electron chi connectivity index (χ3n) is 11.2. The van der Waals surface area contributed by atoms with Gasteiger partial charge in [-0.2, -0.15) is 0 Å². The lowest BCUT2D eigenvalue weighted by Gasteiger charge is -2.32. The van der Waals surface area contributed by atoms with Crippen molar-refractivity contribution < 1.29 is 0 Å². The summed E-state index contributed by atoms with van der Waals surface area (Å²) in [5.74, 6) is 0. The Labute approximate surface area is 305 Å². The molecule has 1 aliphatic carbocycles. The number of fused-ring (bicyclic) bond motifs is 7. The lowest BCUT2D eigenvalue weighted by atomic mass is 9.81. The summed E-state index contributed by atoms with van der Waals surface area (Å²) in [6, 6.07) is 69.2. The van der Waals surface area contributed by atoms with E-state index in [-0.39, 0.29) is 5.41 Å². The van der Waals surface area contributed by atoms with E-state index in [0.29, 0.717) is 0 Å². The van der Waals surface area contributed by atoms with Crippen LogP contribution in [0, 0.1) is 0 Å². The zero-order chi connectivity index (χ0) is 34.8. The van der Waals surface area contributed by atoms with E-state index in [1.807, 2.05) is 0 Å². The van der Waals surface area contributed by atoms with Gasteiger partial charge in [-0.25, -0.2) is 0 Å². The smallest absolute Gasteiger partial charge is 0.0508 e. The number of benzene rings is 9. The first-order chi connectivity index (χ1) is 25.5. The van der Waals surface area contributed by atoms with Crippen LogP contribution < -0.4 is 4.90 Å². The highest BCUT2D eigenvalue weighted by molar-refractivity contribution is 6.12. The zero-order valence-electron chi connectivity index (χ0n) is 29.3.